The minimum Gasteiger partial charge on any atom is -0.463 e. The van der Waals surface area contributed by atoms with E-state index in [0.29, 0.717) is 29.5 Å². The van der Waals surface area contributed by atoms with Crippen molar-refractivity contribution in [2.24, 2.45) is 0 Å². The maximum atomic E-state index is 11.9. The van der Waals surface area contributed by atoms with E-state index >= 15 is 0 Å². The van der Waals surface area contributed by atoms with Gasteiger partial charge in [-0.15, -0.1) is 5.54 Å². The fraction of sp³-hybridized carbons (Fsp3) is 0.579. The van der Waals surface area contributed by atoms with Crippen LogP contribution >= 0.6 is 0 Å². The third-order valence-corrected chi connectivity index (χ3v) is 13.8. The molecule has 0 amide bonds. The summed E-state index contributed by atoms with van der Waals surface area (Å²) in [7, 11) is -1.81. The molecule has 0 aromatic rings. The van der Waals surface area contributed by atoms with E-state index in [1.165, 1.54) is 6.92 Å². The summed E-state index contributed by atoms with van der Waals surface area (Å²) in [4.78, 5) is 47.1. The highest BCUT2D eigenvalue weighted by atomic mass is 28.3. The van der Waals surface area contributed by atoms with Crippen LogP contribution in [0.25, 0.3) is 0 Å². The average molecular weight is 691 g/mol. The summed E-state index contributed by atoms with van der Waals surface area (Å²) in [6.45, 7) is 17.9. The zero-order chi connectivity index (χ0) is 37.0. The van der Waals surface area contributed by atoms with Gasteiger partial charge in [0, 0.05) is 34.1 Å². The first kappa shape index (κ1) is 42.4. The molecule has 0 unspecified atom stereocenters. The summed E-state index contributed by atoms with van der Waals surface area (Å²) in [5, 5.41) is 0. The Morgan fingerprint density at radius 1 is 0.612 bits per heavy atom. The summed E-state index contributed by atoms with van der Waals surface area (Å²) in [6.07, 6.45) is -5.30. The van der Waals surface area contributed by atoms with E-state index in [1.54, 1.807) is 0 Å². The van der Waals surface area contributed by atoms with Crippen molar-refractivity contribution in [1.82, 2.24) is 0 Å². The summed E-state index contributed by atoms with van der Waals surface area (Å²) >= 11 is 0. The predicted molar refractivity (Wildman–Crippen MR) is 185 cm³/mol. The smallest absolute Gasteiger partial charge is 0.303 e. The van der Waals surface area contributed by atoms with Crippen molar-refractivity contribution >= 4 is 32.0 Å². The van der Waals surface area contributed by atoms with Crippen LogP contribution in [-0.4, -0.2) is 75.9 Å². The standard InChI is InChI=1S/C38H46O10Si/c1-27(2)49(28(3)4,29(5)6)25-23-21-19-17-15-13-11-12-14-16-18-20-22-24-43-38-37(47-33(10)42)36(46-32(9)41)35(45-31(8)40)34(48-38)26-44-30(7)39/h27-29,34-38H,20,22,24,26H2,1-10H3/t34-,35-,36+,37-,38-/m1/s1. The lowest BCUT2D eigenvalue weighted by atomic mass is 9.98. The summed E-state index contributed by atoms with van der Waals surface area (Å²) < 4.78 is 32.9. The van der Waals surface area contributed by atoms with Crippen LogP contribution in [0, 0.1) is 70.7 Å². The molecule has 0 aromatic carbocycles. The van der Waals surface area contributed by atoms with Crippen LogP contribution in [0.15, 0.2) is 0 Å². The lowest BCUT2D eigenvalue weighted by Crippen LogP contribution is -2.63. The minimum absolute atomic E-state index is 0.103. The highest BCUT2D eigenvalue weighted by Crippen LogP contribution is 2.40. The van der Waals surface area contributed by atoms with Gasteiger partial charge in [-0.2, -0.15) is 0 Å². The first-order chi connectivity index (χ1) is 23.1. The van der Waals surface area contributed by atoms with Gasteiger partial charge in [0.25, 0.3) is 0 Å². The van der Waals surface area contributed by atoms with Crippen LogP contribution in [0.3, 0.4) is 0 Å². The van der Waals surface area contributed by atoms with E-state index in [-0.39, 0.29) is 13.2 Å². The van der Waals surface area contributed by atoms with E-state index in [1.807, 2.05) is 0 Å². The number of carbonyl (C=O) groups excluding carboxylic acids is 4. The lowest BCUT2D eigenvalue weighted by Gasteiger charge is -2.44. The Balaban J connectivity index is 2.83. The molecule has 10 nitrogen and oxygen atoms in total. The van der Waals surface area contributed by atoms with Crippen LogP contribution in [0.5, 0.6) is 0 Å². The highest BCUT2D eigenvalue weighted by molar-refractivity contribution is 6.90. The van der Waals surface area contributed by atoms with Gasteiger partial charge in [-0.3, -0.25) is 19.2 Å². The summed E-state index contributed by atoms with van der Waals surface area (Å²) in [5.41, 5.74) is 5.13. The average Bonchev–Trinajstić information content (AvgIpc) is 2.99. The molecule has 1 aliphatic heterocycles. The Hall–Kier alpha value is -4.62. The number of carbonyl (C=O) groups is 4. The monoisotopic (exact) mass is 690 g/mol. The third kappa shape index (κ3) is 15.0. The second-order valence-corrected chi connectivity index (χ2v) is 17.6. The number of unbranched alkanes of at least 4 members (excludes halogenated alkanes) is 1. The molecule has 1 aliphatic rings. The fourth-order valence-electron chi connectivity index (χ4n) is 5.61. The van der Waals surface area contributed by atoms with Gasteiger partial charge in [-0.1, -0.05) is 47.5 Å². The molecule has 0 aliphatic carbocycles. The molecule has 1 rings (SSSR count). The highest BCUT2D eigenvalue weighted by Gasteiger charge is 2.52. The predicted octanol–water partition coefficient (Wildman–Crippen LogP) is 4.10. The lowest BCUT2D eigenvalue weighted by molar-refractivity contribution is -0.308. The van der Waals surface area contributed by atoms with Gasteiger partial charge in [0.2, 0.25) is 0 Å². The molecule has 49 heavy (non-hydrogen) atoms. The molecule has 0 saturated carbocycles. The second kappa shape index (κ2) is 22.1. The molecule has 0 N–H and O–H groups in total. The van der Waals surface area contributed by atoms with Gasteiger partial charge in [0.05, 0.1) is 6.61 Å². The molecular weight excluding hydrogens is 644 g/mol. The van der Waals surface area contributed by atoms with Gasteiger partial charge < -0.3 is 28.4 Å². The molecule has 0 spiro atoms. The Labute approximate surface area is 292 Å². The normalized spacial score (nSPS) is 19.2. The van der Waals surface area contributed by atoms with Gasteiger partial charge in [0.15, 0.2) is 24.6 Å². The van der Waals surface area contributed by atoms with Crippen molar-refractivity contribution in [3.8, 4) is 70.7 Å². The Kier molecular flexibility index (Phi) is 19.1. The van der Waals surface area contributed by atoms with Crippen molar-refractivity contribution in [2.45, 2.75) is 129 Å². The summed E-state index contributed by atoms with van der Waals surface area (Å²) in [5.74, 6) is 27.1. The molecule has 11 heteroatoms. The zero-order valence-corrected chi connectivity index (χ0v) is 31.0. The topological polar surface area (TPSA) is 124 Å². The van der Waals surface area contributed by atoms with Crippen molar-refractivity contribution in [1.29, 1.82) is 0 Å². The van der Waals surface area contributed by atoms with Gasteiger partial charge in [0.1, 0.15) is 20.8 Å². The SMILES string of the molecule is CC(=O)OC[C@H]1O[C@@H](OCCCC#CC#CC#CC#CC#CC#C[Si](C(C)C)(C(C)C)C(C)C)[C@H](OC(C)=O)[C@@H](OC(C)=O)[C@@H]1OC(C)=O. The number of ether oxygens (including phenoxy) is 6. The van der Waals surface area contributed by atoms with E-state index < -0.39 is 62.7 Å². The molecule has 1 heterocycles. The molecule has 0 radical (unpaired) electrons. The Morgan fingerprint density at radius 2 is 1.06 bits per heavy atom. The quantitative estimate of drug-likeness (QED) is 0.0973. The maximum absolute atomic E-state index is 11.9. The molecule has 1 fully saturated rings. The third-order valence-electron chi connectivity index (χ3n) is 7.47. The van der Waals surface area contributed by atoms with E-state index in [9.17, 15) is 19.2 Å². The molecule has 262 valence electrons. The Morgan fingerprint density at radius 3 is 1.53 bits per heavy atom. The largest absolute Gasteiger partial charge is 0.463 e. The molecule has 5 atom stereocenters. The zero-order valence-electron chi connectivity index (χ0n) is 30.0. The van der Waals surface area contributed by atoms with E-state index in [0.717, 1.165) is 20.8 Å². The maximum Gasteiger partial charge on any atom is 0.303 e. The van der Waals surface area contributed by atoms with Gasteiger partial charge >= 0.3 is 23.9 Å². The van der Waals surface area contributed by atoms with Crippen molar-refractivity contribution < 1.29 is 47.6 Å². The van der Waals surface area contributed by atoms with Crippen molar-refractivity contribution in [3.63, 3.8) is 0 Å². The summed E-state index contributed by atoms with van der Waals surface area (Å²) in [6, 6.07) is 0. The first-order valence-corrected chi connectivity index (χ1v) is 18.3. The number of hydrogen-bond donors (Lipinski definition) is 0. The molecule has 0 bridgehead atoms. The number of esters is 4. The van der Waals surface area contributed by atoms with Crippen LogP contribution in [0.1, 0.15) is 82.1 Å². The minimum atomic E-state index is -1.81. The first-order valence-electron chi connectivity index (χ1n) is 16.0. The fourth-order valence-corrected chi connectivity index (χ4v) is 10.8. The van der Waals surface area contributed by atoms with Crippen molar-refractivity contribution in [3.05, 3.63) is 0 Å². The number of hydrogen-bond acceptors (Lipinski definition) is 10. The van der Waals surface area contributed by atoms with Crippen LogP contribution in [0.2, 0.25) is 16.6 Å². The number of rotatable bonds is 12. The molecule has 1 saturated heterocycles. The Bertz CT molecular complexity index is 1540. The van der Waals surface area contributed by atoms with Crippen LogP contribution in [-0.2, 0) is 47.6 Å². The van der Waals surface area contributed by atoms with Gasteiger partial charge in [-0.25, -0.2) is 0 Å². The molecule has 0 aromatic heterocycles. The molecular formula is C38H46O10Si. The van der Waals surface area contributed by atoms with Gasteiger partial charge in [-0.05, 0) is 82.2 Å². The van der Waals surface area contributed by atoms with E-state index in [2.05, 4.69) is 112 Å². The van der Waals surface area contributed by atoms with Crippen LogP contribution in [0.4, 0.5) is 0 Å². The second-order valence-electron chi connectivity index (χ2n) is 12.0. The van der Waals surface area contributed by atoms with E-state index in [4.69, 9.17) is 28.4 Å². The van der Waals surface area contributed by atoms with Crippen molar-refractivity contribution in [2.75, 3.05) is 13.2 Å². The van der Waals surface area contributed by atoms with Crippen LogP contribution < -0.4 is 0 Å².